The van der Waals surface area contributed by atoms with E-state index in [4.69, 9.17) is 0 Å². The summed E-state index contributed by atoms with van der Waals surface area (Å²) in [6.45, 7) is 1.48. The van der Waals surface area contributed by atoms with Crippen LogP contribution in [0.2, 0.25) is 0 Å². The Hall–Kier alpha value is -2.07. The molecule has 3 rings (SSSR count). The number of amides is 1. The molecule has 0 unspecified atom stereocenters. The standard InChI is InChI=1S/C19H19NO2S/c1-13(21)20-17-7-9-18(10-8-17)23-12-19(22)16-6-5-14-3-2-4-15(14)11-16/h5-11H,2-4,12H2,1H3,(H,20,21). The Bertz CT molecular complexity index is 738. The second-order valence-corrected chi connectivity index (χ2v) is 6.80. The topological polar surface area (TPSA) is 46.2 Å². The first-order chi connectivity index (χ1) is 11.1. The molecular formula is C19H19NO2S. The van der Waals surface area contributed by atoms with Gasteiger partial charge in [0.2, 0.25) is 5.91 Å². The Balaban J connectivity index is 1.59. The fourth-order valence-electron chi connectivity index (χ4n) is 2.82. The number of Topliss-reactive ketones (excluding diaryl/α,β-unsaturated/α-hetero) is 1. The van der Waals surface area contributed by atoms with Crippen LogP contribution in [0.5, 0.6) is 0 Å². The van der Waals surface area contributed by atoms with E-state index >= 15 is 0 Å². The Morgan fingerprint density at radius 1 is 1.04 bits per heavy atom. The number of fused-ring (bicyclic) bond motifs is 1. The van der Waals surface area contributed by atoms with Crippen molar-refractivity contribution in [2.45, 2.75) is 31.1 Å². The Morgan fingerprint density at radius 3 is 2.52 bits per heavy atom. The highest BCUT2D eigenvalue weighted by Crippen LogP contribution is 2.25. The minimum absolute atomic E-state index is 0.0859. The molecule has 4 heteroatoms. The summed E-state index contributed by atoms with van der Waals surface area (Å²) in [6.07, 6.45) is 3.43. The van der Waals surface area contributed by atoms with Crippen LogP contribution in [0.3, 0.4) is 0 Å². The Labute approximate surface area is 140 Å². The van der Waals surface area contributed by atoms with Crippen molar-refractivity contribution in [3.63, 3.8) is 0 Å². The van der Waals surface area contributed by atoms with Gasteiger partial charge in [0.25, 0.3) is 0 Å². The van der Waals surface area contributed by atoms with Crippen LogP contribution in [-0.2, 0) is 17.6 Å². The zero-order valence-corrected chi connectivity index (χ0v) is 13.9. The lowest BCUT2D eigenvalue weighted by atomic mass is 10.0. The second kappa shape index (κ2) is 7.01. The molecule has 0 heterocycles. The van der Waals surface area contributed by atoms with Gasteiger partial charge in [-0.25, -0.2) is 0 Å². The fraction of sp³-hybridized carbons (Fsp3) is 0.263. The maximum Gasteiger partial charge on any atom is 0.221 e. The van der Waals surface area contributed by atoms with E-state index in [0.29, 0.717) is 5.75 Å². The predicted molar refractivity (Wildman–Crippen MR) is 94.3 cm³/mol. The summed E-state index contributed by atoms with van der Waals surface area (Å²) in [5.41, 5.74) is 4.31. The molecule has 0 radical (unpaired) electrons. The van der Waals surface area contributed by atoms with Crippen LogP contribution < -0.4 is 5.32 Å². The third-order valence-electron chi connectivity index (χ3n) is 3.97. The lowest BCUT2D eigenvalue weighted by Gasteiger charge is -2.06. The van der Waals surface area contributed by atoms with E-state index in [1.807, 2.05) is 30.3 Å². The monoisotopic (exact) mass is 325 g/mol. The highest BCUT2D eigenvalue weighted by atomic mass is 32.2. The third kappa shape index (κ3) is 4.02. The summed E-state index contributed by atoms with van der Waals surface area (Å²) >= 11 is 1.52. The van der Waals surface area contributed by atoms with Gasteiger partial charge >= 0.3 is 0 Å². The summed E-state index contributed by atoms with van der Waals surface area (Å²) in [5.74, 6) is 0.506. The average molecular weight is 325 g/mol. The van der Waals surface area contributed by atoms with Gasteiger partial charge in [-0.2, -0.15) is 0 Å². The highest BCUT2D eigenvalue weighted by molar-refractivity contribution is 8.00. The first-order valence-corrected chi connectivity index (χ1v) is 8.76. The molecule has 1 aliphatic rings. The van der Waals surface area contributed by atoms with E-state index in [0.717, 1.165) is 29.0 Å². The molecule has 0 atom stereocenters. The maximum atomic E-state index is 12.4. The van der Waals surface area contributed by atoms with Crippen molar-refractivity contribution >= 4 is 29.1 Å². The third-order valence-corrected chi connectivity index (χ3v) is 4.98. The van der Waals surface area contributed by atoms with Gasteiger partial charge in [0.1, 0.15) is 0 Å². The number of nitrogens with one attached hydrogen (secondary N) is 1. The van der Waals surface area contributed by atoms with Crippen molar-refractivity contribution in [1.29, 1.82) is 0 Å². The number of rotatable bonds is 5. The second-order valence-electron chi connectivity index (χ2n) is 5.75. The predicted octanol–water partition coefficient (Wildman–Crippen LogP) is 4.11. The molecule has 1 N–H and O–H groups in total. The molecule has 2 aromatic rings. The number of benzene rings is 2. The van der Waals surface area contributed by atoms with Crippen molar-refractivity contribution in [1.82, 2.24) is 0 Å². The zero-order valence-electron chi connectivity index (χ0n) is 13.1. The Kier molecular flexibility index (Phi) is 4.82. The minimum Gasteiger partial charge on any atom is -0.326 e. The number of ketones is 1. The zero-order chi connectivity index (χ0) is 16.2. The molecule has 0 aliphatic heterocycles. The van der Waals surface area contributed by atoms with Crippen molar-refractivity contribution in [3.05, 3.63) is 59.2 Å². The molecule has 0 fully saturated rings. The molecule has 1 amide bonds. The number of carbonyl (C=O) groups excluding carboxylic acids is 2. The van der Waals surface area contributed by atoms with E-state index in [1.54, 1.807) is 0 Å². The molecule has 2 aromatic carbocycles. The molecular weight excluding hydrogens is 306 g/mol. The van der Waals surface area contributed by atoms with E-state index in [2.05, 4.69) is 17.4 Å². The van der Waals surface area contributed by atoms with Crippen molar-refractivity contribution < 1.29 is 9.59 Å². The first-order valence-electron chi connectivity index (χ1n) is 7.77. The number of hydrogen-bond donors (Lipinski definition) is 1. The van der Waals surface area contributed by atoms with Crippen molar-refractivity contribution in [2.24, 2.45) is 0 Å². The molecule has 118 valence electrons. The van der Waals surface area contributed by atoms with Crippen LogP contribution >= 0.6 is 11.8 Å². The van der Waals surface area contributed by atoms with Crippen LogP contribution in [0.4, 0.5) is 5.69 Å². The van der Waals surface area contributed by atoms with E-state index < -0.39 is 0 Å². The quantitative estimate of drug-likeness (QED) is 0.665. The number of anilines is 1. The number of aryl methyl sites for hydroxylation is 2. The number of hydrogen-bond acceptors (Lipinski definition) is 3. The number of carbonyl (C=O) groups is 2. The normalized spacial score (nSPS) is 12.7. The largest absolute Gasteiger partial charge is 0.326 e. The molecule has 23 heavy (non-hydrogen) atoms. The SMILES string of the molecule is CC(=O)Nc1ccc(SCC(=O)c2ccc3c(c2)CCC3)cc1. The molecule has 0 saturated heterocycles. The van der Waals surface area contributed by atoms with Gasteiger partial charge in [0.15, 0.2) is 5.78 Å². The Morgan fingerprint density at radius 2 is 1.78 bits per heavy atom. The van der Waals surface area contributed by atoms with E-state index in [-0.39, 0.29) is 11.7 Å². The highest BCUT2D eigenvalue weighted by Gasteiger charge is 2.14. The van der Waals surface area contributed by atoms with Gasteiger partial charge in [-0.1, -0.05) is 12.1 Å². The van der Waals surface area contributed by atoms with Gasteiger partial charge in [-0.05, 0) is 60.7 Å². The summed E-state index contributed by atoms with van der Waals surface area (Å²) in [7, 11) is 0. The van der Waals surface area contributed by atoms with Crippen LogP contribution in [0, 0.1) is 0 Å². The summed E-state index contributed by atoms with van der Waals surface area (Å²) in [4.78, 5) is 24.4. The average Bonchev–Trinajstić information content (AvgIpc) is 3.01. The van der Waals surface area contributed by atoms with Crippen molar-refractivity contribution in [2.75, 3.05) is 11.1 Å². The first kappa shape index (κ1) is 15.8. The lowest BCUT2D eigenvalue weighted by molar-refractivity contribution is -0.114. The van der Waals surface area contributed by atoms with Gasteiger partial charge in [-0.15, -0.1) is 11.8 Å². The summed E-state index contributed by atoms with van der Waals surface area (Å²) in [6, 6.07) is 13.7. The van der Waals surface area contributed by atoms with Gasteiger partial charge in [-0.3, -0.25) is 9.59 Å². The molecule has 3 nitrogen and oxygen atoms in total. The smallest absolute Gasteiger partial charge is 0.221 e. The number of thioether (sulfide) groups is 1. The van der Waals surface area contributed by atoms with Gasteiger partial charge in [0.05, 0.1) is 5.75 Å². The minimum atomic E-state index is -0.0859. The van der Waals surface area contributed by atoms with E-state index in [1.165, 1.54) is 36.2 Å². The molecule has 0 bridgehead atoms. The molecule has 0 spiro atoms. The fourth-order valence-corrected chi connectivity index (χ4v) is 3.61. The molecule has 0 aromatic heterocycles. The maximum absolute atomic E-state index is 12.4. The van der Waals surface area contributed by atoms with Crippen LogP contribution in [0.25, 0.3) is 0 Å². The van der Waals surface area contributed by atoms with Gasteiger partial charge < -0.3 is 5.32 Å². The van der Waals surface area contributed by atoms with Gasteiger partial charge in [0, 0.05) is 23.1 Å². The molecule has 1 aliphatic carbocycles. The lowest BCUT2D eigenvalue weighted by Crippen LogP contribution is -2.05. The van der Waals surface area contributed by atoms with Crippen LogP contribution in [-0.4, -0.2) is 17.4 Å². The van der Waals surface area contributed by atoms with E-state index in [9.17, 15) is 9.59 Å². The van der Waals surface area contributed by atoms with Crippen LogP contribution in [0.15, 0.2) is 47.4 Å². The van der Waals surface area contributed by atoms with Crippen molar-refractivity contribution in [3.8, 4) is 0 Å². The van der Waals surface area contributed by atoms with Crippen LogP contribution in [0.1, 0.15) is 34.8 Å². The summed E-state index contributed by atoms with van der Waals surface area (Å²) in [5, 5.41) is 2.73. The molecule has 0 saturated carbocycles. The summed E-state index contributed by atoms with van der Waals surface area (Å²) < 4.78 is 0.